The van der Waals surface area contributed by atoms with Gasteiger partial charge in [-0.3, -0.25) is 0 Å². The SMILES string of the molecule is CC1(C)c2ccc(N(c3ccc(-c4ccccc4)cc3)c3cccc(-c4ccccc4)c3)cc2-c2c1cc1sc3ccccc3c1c2-c1ccccc1. The van der Waals surface area contributed by atoms with Crippen LogP contribution in [0.15, 0.2) is 188 Å². The molecule has 0 atom stereocenters. The molecule has 1 aliphatic carbocycles. The molecule has 10 rings (SSSR count). The summed E-state index contributed by atoms with van der Waals surface area (Å²) in [5.74, 6) is 0. The smallest absolute Gasteiger partial charge is 0.0468 e. The standard InChI is InChI=1S/C51H37NS/c1-51(2)44-30-29-41(32-43(44)49-45(51)33-47-50(42-23-12-13-24-46(42)53-47)48(49)37-19-10-5-11-20-37)52(39-27-25-36(26-28-39)34-15-6-3-7-16-34)40-22-14-21-38(31-40)35-17-8-4-9-18-35/h3-33H,1-2H3. The first-order valence-electron chi connectivity index (χ1n) is 18.3. The van der Waals surface area contributed by atoms with Crippen molar-refractivity contribution < 1.29 is 0 Å². The average Bonchev–Trinajstić information content (AvgIpc) is 3.70. The van der Waals surface area contributed by atoms with Crippen LogP contribution in [0, 0.1) is 0 Å². The number of rotatable bonds is 6. The maximum Gasteiger partial charge on any atom is 0.0468 e. The number of thiophene rings is 1. The number of benzene rings is 8. The Morgan fingerprint density at radius 1 is 0.396 bits per heavy atom. The Morgan fingerprint density at radius 2 is 0.962 bits per heavy atom. The van der Waals surface area contributed by atoms with Gasteiger partial charge in [-0.15, -0.1) is 11.3 Å². The maximum absolute atomic E-state index is 2.49. The Hall–Kier alpha value is -6.22. The molecule has 0 N–H and O–H groups in total. The largest absolute Gasteiger partial charge is 0.310 e. The van der Waals surface area contributed by atoms with Gasteiger partial charge in [-0.2, -0.15) is 0 Å². The second-order valence-corrected chi connectivity index (χ2v) is 15.6. The summed E-state index contributed by atoms with van der Waals surface area (Å²) in [4.78, 5) is 2.42. The Kier molecular flexibility index (Phi) is 7.42. The van der Waals surface area contributed by atoms with E-state index in [9.17, 15) is 0 Å². The summed E-state index contributed by atoms with van der Waals surface area (Å²) in [7, 11) is 0. The van der Waals surface area contributed by atoms with Crippen LogP contribution in [0.25, 0.3) is 64.7 Å². The van der Waals surface area contributed by atoms with Gasteiger partial charge in [0.05, 0.1) is 0 Å². The molecular weight excluding hydrogens is 659 g/mol. The van der Waals surface area contributed by atoms with E-state index < -0.39 is 0 Å². The fourth-order valence-corrected chi connectivity index (χ4v) is 9.61. The number of anilines is 3. The zero-order chi connectivity index (χ0) is 35.5. The van der Waals surface area contributed by atoms with Crippen molar-refractivity contribution in [1.29, 1.82) is 0 Å². The van der Waals surface area contributed by atoms with Crippen molar-refractivity contribution in [2.75, 3.05) is 4.90 Å². The Balaban J connectivity index is 1.21. The number of hydrogen-bond acceptors (Lipinski definition) is 2. The molecule has 0 saturated heterocycles. The van der Waals surface area contributed by atoms with Gasteiger partial charge in [-0.25, -0.2) is 0 Å². The van der Waals surface area contributed by atoms with Gasteiger partial charge in [0.25, 0.3) is 0 Å². The highest BCUT2D eigenvalue weighted by atomic mass is 32.1. The second kappa shape index (κ2) is 12.5. The highest BCUT2D eigenvalue weighted by Crippen LogP contribution is 2.57. The van der Waals surface area contributed by atoms with Crippen LogP contribution in [0.5, 0.6) is 0 Å². The molecule has 1 aliphatic rings. The number of nitrogens with zero attached hydrogens (tertiary/aromatic N) is 1. The predicted molar refractivity (Wildman–Crippen MR) is 228 cm³/mol. The van der Waals surface area contributed by atoms with Crippen molar-refractivity contribution in [2.24, 2.45) is 0 Å². The van der Waals surface area contributed by atoms with Gasteiger partial charge in [0.15, 0.2) is 0 Å². The van der Waals surface area contributed by atoms with Crippen molar-refractivity contribution in [3.63, 3.8) is 0 Å². The lowest BCUT2D eigenvalue weighted by molar-refractivity contribution is 0.661. The maximum atomic E-state index is 2.49. The predicted octanol–water partition coefficient (Wildman–Crippen LogP) is 14.8. The summed E-state index contributed by atoms with van der Waals surface area (Å²) in [5, 5.41) is 2.68. The molecular formula is C51H37NS. The summed E-state index contributed by atoms with van der Waals surface area (Å²) in [6.45, 7) is 4.79. The van der Waals surface area contributed by atoms with Crippen molar-refractivity contribution in [3.8, 4) is 44.5 Å². The Morgan fingerprint density at radius 3 is 1.68 bits per heavy atom. The normalized spacial score (nSPS) is 12.9. The fraction of sp³-hybridized carbons (Fsp3) is 0.0588. The minimum Gasteiger partial charge on any atom is -0.310 e. The highest BCUT2D eigenvalue weighted by molar-refractivity contribution is 7.26. The van der Waals surface area contributed by atoms with E-state index in [1.165, 1.54) is 75.8 Å². The van der Waals surface area contributed by atoms with E-state index in [0.717, 1.165) is 17.1 Å². The van der Waals surface area contributed by atoms with E-state index in [4.69, 9.17) is 0 Å². The minimum atomic E-state index is -0.160. The van der Waals surface area contributed by atoms with Crippen LogP contribution in [0.4, 0.5) is 17.1 Å². The second-order valence-electron chi connectivity index (χ2n) is 14.5. The third-order valence-corrected chi connectivity index (χ3v) is 12.2. The quantitative estimate of drug-likeness (QED) is 0.167. The van der Waals surface area contributed by atoms with Crippen molar-refractivity contribution in [3.05, 3.63) is 199 Å². The molecule has 0 amide bonds. The third-order valence-electron chi connectivity index (χ3n) is 11.1. The summed E-state index contributed by atoms with van der Waals surface area (Å²) >= 11 is 1.91. The average molecular weight is 696 g/mol. The van der Waals surface area contributed by atoms with Crippen LogP contribution in [0.3, 0.4) is 0 Å². The van der Waals surface area contributed by atoms with E-state index in [1.54, 1.807) is 0 Å². The van der Waals surface area contributed by atoms with Crippen molar-refractivity contribution in [2.45, 2.75) is 19.3 Å². The molecule has 1 aromatic heterocycles. The lowest BCUT2D eigenvalue weighted by atomic mass is 9.81. The van der Waals surface area contributed by atoms with Crippen LogP contribution in [0.2, 0.25) is 0 Å². The first-order valence-corrected chi connectivity index (χ1v) is 19.2. The Labute approximate surface area is 315 Å². The monoisotopic (exact) mass is 695 g/mol. The van der Waals surface area contributed by atoms with E-state index in [0.29, 0.717) is 0 Å². The topological polar surface area (TPSA) is 3.24 Å². The molecule has 53 heavy (non-hydrogen) atoms. The van der Waals surface area contributed by atoms with Gasteiger partial charge in [0.2, 0.25) is 0 Å². The molecule has 0 radical (unpaired) electrons. The van der Waals surface area contributed by atoms with Gasteiger partial charge >= 0.3 is 0 Å². The molecule has 252 valence electrons. The zero-order valence-electron chi connectivity index (χ0n) is 29.8. The summed E-state index contributed by atoms with van der Waals surface area (Å²) in [6, 6.07) is 68.9. The van der Waals surface area contributed by atoms with E-state index in [2.05, 4.69) is 207 Å². The lowest BCUT2D eigenvalue weighted by Gasteiger charge is -2.28. The van der Waals surface area contributed by atoms with Crippen LogP contribution in [-0.4, -0.2) is 0 Å². The summed E-state index contributed by atoms with van der Waals surface area (Å²) < 4.78 is 2.68. The summed E-state index contributed by atoms with van der Waals surface area (Å²) in [6.07, 6.45) is 0. The third kappa shape index (κ3) is 5.21. The first kappa shape index (κ1) is 31.5. The van der Waals surface area contributed by atoms with Crippen LogP contribution in [0.1, 0.15) is 25.0 Å². The Bertz CT molecular complexity index is 2780. The molecule has 0 bridgehead atoms. The van der Waals surface area contributed by atoms with Crippen molar-refractivity contribution in [1.82, 2.24) is 0 Å². The molecule has 1 nitrogen and oxygen atoms in total. The van der Waals surface area contributed by atoms with Gasteiger partial charge in [-0.1, -0.05) is 153 Å². The first-order chi connectivity index (χ1) is 26.0. The van der Waals surface area contributed by atoms with E-state index in [1.807, 2.05) is 11.3 Å². The number of hydrogen-bond donors (Lipinski definition) is 0. The van der Waals surface area contributed by atoms with Gasteiger partial charge in [0.1, 0.15) is 0 Å². The van der Waals surface area contributed by atoms with E-state index >= 15 is 0 Å². The van der Waals surface area contributed by atoms with Crippen LogP contribution >= 0.6 is 11.3 Å². The molecule has 0 aliphatic heterocycles. The highest BCUT2D eigenvalue weighted by Gasteiger charge is 2.39. The van der Waals surface area contributed by atoms with Gasteiger partial charge < -0.3 is 4.90 Å². The molecule has 9 aromatic rings. The molecule has 0 saturated carbocycles. The molecule has 0 fully saturated rings. The van der Waals surface area contributed by atoms with Gasteiger partial charge in [0, 0.05) is 42.6 Å². The molecule has 0 spiro atoms. The van der Waals surface area contributed by atoms with Crippen LogP contribution in [-0.2, 0) is 5.41 Å². The molecule has 0 unspecified atom stereocenters. The molecule has 8 aromatic carbocycles. The van der Waals surface area contributed by atoms with Crippen molar-refractivity contribution >= 4 is 48.6 Å². The zero-order valence-corrected chi connectivity index (χ0v) is 30.6. The van der Waals surface area contributed by atoms with Crippen LogP contribution < -0.4 is 4.90 Å². The molecule has 2 heteroatoms. The van der Waals surface area contributed by atoms with E-state index in [-0.39, 0.29) is 5.41 Å². The lowest BCUT2D eigenvalue weighted by Crippen LogP contribution is -2.15. The van der Waals surface area contributed by atoms with Gasteiger partial charge in [-0.05, 0) is 104 Å². The molecule has 1 heterocycles. The minimum absolute atomic E-state index is 0.160. The summed E-state index contributed by atoms with van der Waals surface area (Å²) in [5.41, 5.74) is 16.1. The number of fused-ring (bicyclic) bond motifs is 6. The fourth-order valence-electron chi connectivity index (χ4n) is 8.46.